The Morgan fingerprint density at radius 1 is 1.07 bits per heavy atom. The van der Waals surface area contributed by atoms with Crippen LogP contribution in [0.5, 0.6) is 0 Å². The van der Waals surface area contributed by atoms with Gasteiger partial charge in [-0.05, 0) is 36.6 Å². The van der Waals surface area contributed by atoms with E-state index < -0.39 is 4.92 Å². The summed E-state index contributed by atoms with van der Waals surface area (Å²) in [6.45, 7) is 0.303. The zero-order chi connectivity index (χ0) is 20.5. The molecule has 2 aromatic rings. The Morgan fingerprint density at radius 2 is 1.72 bits per heavy atom. The van der Waals surface area contributed by atoms with Gasteiger partial charge < -0.3 is 5.32 Å². The number of nitrogens with one attached hydrogen (secondary N) is 1. The van der Waals surface area contributed by atoms with Crippen molar-refractivity contribution in [1.29, 1.82) is 0 Å². The minimum absolute atomic E-state index is 0.205. The van der Waals surface area contributed by atoms with Gasteiger partial charge in [0.15, 0.2) is 0 Å². The minimum Gasteiger partial charge on any atom is -0.375 e. The predicted molar refractivity (Wildman–Crippen MR) is 110 cm³/mol. The molecule has 1 aliphatic heterocycles. The Labute approximate surface area is 172 Å². The normalized spacial score (nSPS) is 20.7. The van der Waals surface area contributed by atoms with Gasteiger partial charge in [-0.2, -0.15) is 0 Å². The Kier molecular flexibility index (Phi) is 5.07. The fraction of sp³-hybridized carbons (Fsp3) is 0.238. The number of halogens is 1. The summed E-state index contributed by atoms with van der Waals surface area (Å²) < 4.78 is 0. The first-order chi connectivity index (χ1) is 14.0. The molecule has 0 aromatic heterocycles. The lowest BCUT2D eigenvalue weighted by Crippen LogP contribution is -2.30. The van der Waals surface area contributed by atoms with Crippen LogP contribution in [-0.2, 0) is 16.1 Å². The molecule has 0 radical (unpaired) electrons. The quantitative estimate of drug-likeness (QED) is 0.342. The summed E-state index contributed by atoms with van der Waals surface area (Å²) in [7, 11) is 0. The molecule has 1 aliphatic carbocycles. The summed E-state index contributed by atoms with van der Waals surface area (Å²) in [5.74, 6) is -1.36. The van der Waals surface area contributed by atoms with Gasteiger partial charge in [-0.3, -0.25) is 19.7 Å². The highest BCUT2D eigenvalue weighted by atomic mass is 35.5. The number of nitrogens with zero attached hydrogens (tertiary/aromatic N) is 2. The number of hydrogen-bond acceptors (Lipinski definition) is 5. The van der Waals surface area contributed by atoms with Crippen LogP contribution in [0.3, 0.4) is 0 Å². The number of hydrogen-bond donors (Lipinski definition) is 1. The van der Waals surface area contributed by atoms with E-state index in [0.29, 0.717) is 24.4 Å². The summed E-state index contributed by atoms with van der Waals surface area (Å²) in [6, 6.07) is 11.6. The highest BCUT2D eigenvalue weighted by Gasteiger charge is 2.48. The number of benzene rings is 2. The lowest BCUT2D eigenvalue weighted by Gasteiger charge is -2.16. The van der Waals surface area contributed by atoms with Crippen molar-refractivity contribution in [3.8, 4) is 0 Å². The molecule has 8 heteroatoms. The Bertz CT molecular complexity index is 1010. The van der Waals surface area contributed by atoms with E-state index in [1.807, 2.05) is 24.3 Å². The molecule has 0 spiro atoms. The van der Waals surface area contributed by atoms with E-state index in [9.17, 15) is 19.7 Å². The first-order valence-electron chi connectivity index (χ1n) is 9.26. The summed E-state index contributed by atoms with van der Waals surface area (Å²) in [5, 5.41) is 15.2. The van der Waals surface area contributed by atoms with Gasteiger partial charge in [0.2, 0.25) is 11.8 Å². The van der Waals surface area contributed by atoms with Crippen LogP contribution in [0.4, 0.5) is 17.1 Å². The van der Waals surface area contributed by atoms with Gasteiger partial charge in [-0.1, -0.05) is 42.0 Å². The summed E-state index contributed by atoms with van der Waals surface area (Å²) >= 11 is 6.14. The van der Waals surface area contributed by atoms with E-state index in [4.69, 9.17) is 11.6 Å². The molecule has 1 fully saturated rings. The first kappa shape index (κ1) is 19.1. The van der Waals surface area contributed by atoms with Crippen LogP contribution in [-0.4, -0.2) is 16.7 Å². The monoisotopic (exact) mass is 411 g/mol. The second-order valence-corrected chi connectivity index (χ2v) is 7.48. The van der Waals surface area contributed by atoms with Crippen LogP contribution in [0.2, 0.25) is 5.02 Å². The zero-order valence-corrected chi connectivity index (χ0v) is 16.1. The number of imide groups is 1. The number of allylic oxidation sites excluding steroid dienone is 2. The number of amides is 2. The van der Waals surface area contributed by atoms with Crippen molar-refractivity contribution in [3.63, 3.8) is 0 Å². The topological polar surface area (TPSA) is 92.6 Å². The first-order valence-corrected chi connectivity index (χ1v) is 9.63. The molecule has 1 N–H and O–H groups in total. The number of rotatable bonds is 5. The number of nitro benzene ring substituents is 1. The van der Waals surface area contributed by atoms with Crippen LogP contribution in [0.15, 0.2) is 54.6 Å². The smallest absolute Gasteiger partial charge is 0.294 e. The third-order valence-electron chi connectivity index (χ3n) is 5.37. The predicted octanol–water partition coefficient (Wildman–Crippen LogP) is 4.32. The molecule has 0 saturated carbocycles. The largest absolute Gasteiger partial charge is 0.375 e. The average molecular weight is 412 g/mol. The van der Waals surface area contributed by atoms with Gasteiger partial charge >= 0.3 is 0 Å². The van der Waals surface area contributed by atoms with Crippen molar-refractivity contribution < 1.29 is 14.5 Å². The molecule has 0 unspecified atom stereocenters. The van der Waals surface area contributed by atoms with Crippen LogP contribution in [0.1, 0.15) is 18.4 Å². The number of anilines is 2. The van der Waals surface area contributed by atoms with E-state index >= 15 is 0 Å². The van der Waals surface area contributed by atoms with E-state index in [-0.39, 0.29) is 40.7 Å². The van der Waals surface area contributed by atoms with Gasteiger partial charge in [0.05, 0.1) is 22.4 Å². The Balaban J connectivity index is 1.61. The maximum absolute atomic E-state index is 12.7. The molecule has 4 rings (SSSR count). The number of nitro groups is 1. The highest BCUT2D eigenvalue weighted by Crippen LogP contribution is 2.39. The third-order valence-corrected chi connectivity index (χ3v) is 5.74. The van der Waals surface area contributed by atoms with Gasteiger partial charge in [0.25, 0.3) is 5.69 Å². The molecular formula is C21H18ClN3O4. The molecule has 29 heavy (non-hydrogen) atoms. The number of carbonyl (C=O) groups excluding carboxylic acids is 2. The SMILES string of the molecule is O=C1[C@@H]2CC=CC[C@H]2C(=O)N1c1ccc(NCc2ccccc2Cl)c([N+](=O)[O-])c1. The van der Waals surface area contributed by atoms with Crippen molar-refractivity contribution in [2.75, 3.05) is 10.2 Å². The fourth-order valence-corrected chi connectivity index (χ4v) is 4.05. The molecule has 0 bridgehead atoms. The van der Waals surface area contributed by atoms with Crippen molar-refractivity contribution in [3.05, 3.63) is 75.3 Å². The lowest BCUT2D eigenvalue weighted by atomic mass is 9.85. The third kappa shape index (κ3) is 3.49. The van der Waals surface area contributed by atoms with Crippen molar-refractivity contribution in [1.82, 2.24) is 0 Å². The molecule has 7 nitrogen and oxygen atoms in total. The zero-order valence-electron chi connectivity index (χ0n) is 15.4. The van der Waals surface area contributed by atoms with Gasteiger partial charge in [-0.25, -0.2) is 4.90 Å². The maximum atomic E-state index is 12.7. The van der Waals surface area contributed by atoms with E-state index in [1.165, 1.54) is 12.1 Å². The number of fused-ring (bicyclic) bond motifs is 1. The van der Waals surface area contributed by atoms with Crippen molar-refractivity contribution >= 4 is 40.5 Å². The fourth-order valence-electron chi connectivity index (χ4n) is 3.85. The van der Waals surface area contributed by atoms with Crippen LogP contribution >= 0.6 is 11.6 Å². The molecule has 148 valence electrons. The van der Waals surface area contributed by atoms with E-state index in [0.717, 1.165) is 10.5 Å². The van der Waals surface area contributed by atoms with Crippen LogP contribution in [0, 0.1) is 22.0 Å². The van der Waals surface area contributed by atoms with E-state index in [2.05, 4.69) is 5.32 Å². The second kappa shape index (κ2) is 7.67. The van der Waals surface area contributed by atoms with Gasteiger partial charge in [-0.15, -0.1) is 0 Å². The molecule has 1 heterocycles. The summed E-state index contributed by atoms with van der Waals surface area (Å²) in [6.07, 6.45) is 4.84. The Hall–Kier alpha value is -3.19. The number of carbonyl (C=O) groups is 2. The summed E-state index contributed by atoms with van der Waals surface area (Å²) in [5.41, 5.74) is 1.11. The molecule has 2 atom stereocenters. The van der Waals surface area contributed by atoms with Gasteiger partial charge in [0, 0.05) is 17.6 Å². The molecular weight excluding hydrogens is 394 g/mol. The Morgan fingerprint density at radius 3 is 2.34 bits per heavy atom. The standard InChI is InChI=1S/C21H18ClN3O4/c22-17-8-4-1-5-13(17)12-23-18-10-9-14(11-19(18)25(28)29)24-20(26)15-6-2-3-7-16(15)21(24)27/h1-5,8-11,15-16,23H,6-7,12H2/t15-,16-/m1/s1. The molecule has 2 amide bonds. The maximum Gasteiger partial charge on any atom is 0.294 e. The van der Waals surface area contributed by atoms with Crippen molar-refractivity contribution in [2.24, 2.45) is 11.8 Å². The van der Waals surface area contributed by atoms with Crippen LogP contribution in [0.25, 0.3) is 0 Å². The molecule has 2 aliphatic rings. The van der Waals surface area contributed by atoms with Gasteiger partial charge in [0.1, 0.15) is 5.69 Å². The molecule has 2 aromatic carbocycles. The van der Waals surface area contributed by atoms with Crippen molar-refractivity contribution in [2.45, 2.75) is 19.4 Å². The lowest BCUT2D eigenvalue weighted by molar-refractivity contribution is -0.383. The summed E-state index contributed by atoms with van der Waals surface area (Å²) in [4.78, 5) is 37.7. The minimum atomic E-state index is -0.530. The highest BCUT2D eigenvalue weighted by molar-refractivity contribution is 6.31. The van der Waals surface area contributed by atoms with Crippen LogP contribution < -0.4 is 10.2 Å². The average Bonchev–Trinajstić information content (AvgIpc) is 2.98. The van der Waals surface area contributed by atoms with E-state index in [1.54, 1.807) is 18.2 Å². The molecule has 1 saturated heterocycles. The second-order valence-electron chi connectivity index (χ2n) is 7.07.